The number of carbonyl (C=O) groups is 1. The van der Waals surface area contributed by atoms with Crippen molar-refractivity contribution in [1.29, 1.82) is 0 Å². The maximum Gasteiger partial charge on any atom is 0.274 e. The van der Waals surface area contributed by atoms with Gasteiger partial charge in [0.15, 0.2) is 5.69 Å². The van der Waals surface area contributed by atoms with E-state index in [0.717, 1.165) is 44.5 Å². The third-order valence-electron chi connectivity index (χ3n) is 6.18. The van der Waals surface area contributed by atoms with E-state index in [4.69, 9.17) is 0 Å². The Morgan fingerprint density at radius 3 is 2.38 bits per heavy atom. The average Bonchev–Trinajstić information content (AvgIpc) is 3.15. The fraction of sp³-hybridized carbons (Fsp3) is 0.789. The molecule has 0 unspecified atom stereocenters. The van der Waals surface area contributed by atoms with Gasteiger partial charge in [-0.15, -0.1) is 0 Å². The van der Waals surface area contributed by atoms with Crippen molar-refractivity contribution in [2.24, 2.45) is 7.05 Å². The van der Waals surface area contributed by atoms with Crippen LogP contribution in [-0.4, -0.2) is 57.7 Å². The zero-order chi connectivity index (χ0) is 16.5. The highest BCUT2D eigenvalue weighted by Crippen LogP contribution is 2.29. The van der Waals surface area contributed by atoms with Gasteiger partial charge in [-0.3, -0.25) is 9.48 Å². The summed E-state index contributed by atoms with van der Waals surface area (Å²) >= 11 is 0. The Morgan fingerprint density at radius 2 is 1.67 bits per heavy atom. The molecule has 1 aromatic heterocycles. The summed E-state index contributed by atoms with van der Waals surface area (Å²) in [6, 6.07) is 0.602. The van der Waals surface area contributed by atoms with Crippen LogP contribution >= 0.6 is 0 Å². The fourth-order valence-electron chi connectivity index (χ4n) is 4.78. The largest absolute Gasteiger partial charge is 0.337 e. The van der Waals surface area contributed by atoms with Gasteiger partial charge in [0.1, 0.15) is 0 Å². The first kappa shape index (κ1) is 16.1. The number of hydrogen-bond donors (Lipinski definition) is 0. The molecule has 2 saturated heterocycles. The van der Waals surface area contributed by atoms with Gasteiger partial charge in [0.2, 0.25) is 0 Å². The topological polar surface area (TPSA) is 41.4 Å². The first-order chi connectivity index (χ1) is 11.7. The smallest absolute Gasteiger partial charge is 0.274 e. The Bertz CT molecular complexity index is 595. The summed E-state index contributed by atoms with van der Waals surface area (Å²) in [6.45, 7) is 4.27. The van der Waals surface area contributed by atoms with E-state index in [0.29, 0.717) is 6.04 Å². The molecule has 24 heavy (non-hydrogen) atoms. The standard InChI is InChI=1S/C19H30N4O/c1-21-17-9-8-15(22-10-4-2-3-5-11-22)14-16(17)18(20-21)19(24)23-12-6-7-13-23/h15H,2-14H2,1H3/t15-/m1/s1. The summed E-state index contributed by atoms with van der Waals surface area (Å²) in [4.78, 5) is 17.6. The number of hydrogen-bond acceptors (Lipinski definition) is 3. The van der Waals surface area contributed by atoms with Crippen LogP contribution in [0.1, 0.15) is 66.7 Å². The van der Waals surface area contributed by atoms with Crippen LogP contribution in [-0.2, 0) is 19.9 Å². The SMILES string of the molecule is Cn1nc(C(=O)N2CCCC2)c2c1CC[C@@H](N1CCCCCC1)C2. The molecule has 132 valence electrons. The molecule has 5 nitrogen and oxygen atoms in total. The molecule has 0 saturated carbocycles. The minimum Gasteiger partial charge on any atom is -0.337 e. The molecule has 2 aliphatic heterocycles. The number of fused-ring (bicyclic) bond motifs is 1. The molecule has 1 aliphatic carbocycles. The number of rotatable bonds is 2. The van der Waals surface area contributed by atoms with Crippen LogP contribution in [0.25, 0.3) is 0 Å². The number of nitrogens with zero attached hydrogens (tertiary/aromatic N) is 4. The maximum atomic E-state index is 12.9. The van der Waals surface area contributed by atoms with Crippen molar-refractivity contribution in [3.8, 4) is 0 Å². The van der Waals surface area contributed by atoms with E-state index < -0.39 is 0 Å². The van der Waals surface area contributed by atoms with Gasteiger partial charge in [-0.2, -0.15) is 5.10 Å². The van der Waals surface area contributed by atoms with Crippen LogP contribution in [0, 0.1) is 0 Å². The zero-order valence-electron chi connectivity index (χ0n) is 15.0. The van der Waals surface area contributed by atoms with E-state index in [1.807, 2.05) is 16.6 Å². The molecule has 3 heterocycles. The molecule has 0 radical (unpaired) electrons. The Kier molecular flexibility index (Phi) is 4.61. The van der Waals surface area contributed by atoms with E-state index in [1.54, 1.807) is 0 Å². The lowest BCUT2D eigenvalue weighted by atomic mass is 9.90. The Labute approximate surface area is 145 Å². The van der Waals surface area contributed by atoms with Crippen molar-refractivity contribution in [3.05, 3.63) is 17.0 Å². The van der Waals surface area contributed by atoms with Crippen molar-refractivity contribution >= 4 is 5.91 Å². The minimum atomic E-state index is 0.167. The average molecular weight is 330 g/mol. The van der Waals surface area contributed by atoms with E-state index in [9.17, 15) is 4.79 Å². The van der Waals surface area contributed by atoms with Gasteiger partial charge in [-0.25, -0.2) is 0 Å². The third-order valence-corrected chi connectivity index (χ3v) is 6.18. The first-order valence-corrected chi connectivity index (χ1v) is 9.82. The number of aryl methyl sites for hydroxylation is 1. The van der Waals surface area contributed by atoms with Gasteiger partial charge in [0.05, 0.1) is 0 Å². The molecule has 1 aromatic rings. The number of carbonyl (C=O) groups excluding carboxylic acids is 1. The van der Waals surface area contributed by atoms with Crippen LogP contribution in [0.3, 0.4) is 0 Å². The summed E-state index contributed by atoms with van der Waals surface area (Å²) in [6.07, 6.45) is 11.0. The van der Waals surface area contributed by atoms with Gasteiger partial charge >= 0.3 is 0 Å². The molecule has 0 bridgehead atoms. The predicted molar refractivity (Wildman–Crippen MR) is 94.2 cm³/mol. The molecule has 5 heteroatoms. The van der Waals surface area contributed by atoms with E-state index >= 15 is 0 Å². The Hall–Kier alpha value is -1.36. The molecule has 4 rings (SSSR count). The van der Waals surface area contributed by atoms with Crippen molar-refractivity contribution < 1.29 is 4.79 Å². The zero-order valence-corrected chi connectivity index (χ0v) is 15.0. The second-order valence-electron chi connectivity index (χ2n) is 7.74. The quantitative estimate of drug-likeness (QED) is 0.836. The minimum absolute atomic E-state index is 0.167. The molecule has 1 atom stereocenters. The highest BCUT2D eigenvalue weighted by molar-refractivity contribution is 5.94. The van der Waals surface area contributed by atoms with Gasteiger partial charge in [-0.1, -0.05) is 12.8 Å². The van der Waals surface area contributed by atoms with Crippen molar-refractivity contribution in [2.75, 3.05) is 26.2 Å². The molecular weight excluding hydrogens is 300 g/mol. The normalized spacial score (nSPS) is 25.5. The van der Waals surface area contributed by atoms with Gasteiger partial charge in [-0.05, 0) is 58.0 Å². The third kappa shape index (κ3) is 2.99. The summed E-state index contributed by atoms with van der Waals surface area (Å²) in [7, 11) is 2.01. The van der Waals surface area contributed by atoms with Crippen LogP contribution in [0.5, 0.6) is 0 Å². The lowest BCUT2D eigenvalue weighted by molar-refractivity contribution is 0.0784. The van der Waals surface area contributed by atoms with Crippen molar-refractivity contribution in [3.63, 3.8) is 0 Å². The molecular formula is C19H30N4O. The van der Waals surface area contributed by atoms with Crippen molar-refractivity contribution in [1.82, 2.24) is 19.6 Å². The number of amides is 1. The highest BCUT2D eigenvalue weighted by atomic mass is 16.2. The Morgan fingerprint density at radius 1 is 1.00 bits per heavy atom. The summed E-state index contributed by atoms with van der Waals surface area (Å²) in [5.41, 5.74) is 3.28. The van der Waals surface area contributed by atoms with Crippen LogP contribution in [0.4, 0.5) is 0 Å². The first-order valence-electron chi connectivity index (χ1n) is 9.82. The van der Waals surface area contributed by atoms with Gasteiger partial charge in [0.25, 0.3) is 5.91 Å². The number of likely N-dealkylation sites (tertiary alicyclic amines) is 2. The lowest BCUT2D eigenvalue weighted by Gasteiger charge is -2.33. The van der Waals surface area contributed by atoms with E-state index in [1.165, 1.54) is 56.5 Å². The molecule has 0 spiro atoms. The molecule has 0 aromatic carbocycles. The van der Waals surface area contributed by atoms with E-state index in [-0.39, 0.29) is 5.91 Å². The van der Waals surface area contributed by atoms with Crippen LogP contribution in [0.15, 0.2) is 0 Å². The molecule has 1 amide bonds. The van der Waals surface area contributed by atoms with Gasteiger partial charge in [0, 0.05) is 37.4 Å². The summed E-state index contributed by atoms with van der Waals surface area (Å²) in [5, 5.41) is 4.64. The van der Waals surface area contributed by atoms with Crippen LogP contribution < -0.4 is 0 Å². The molecule has 0 N–H and O–H groups in total. The second-order valence-corrected chi connectivity index (χ2v) is 7.74. The molecule has 2 fully saturated rings. The lowest BCUT2D eigenvalue weighted by Crippen LogP contribution is -2.40. The monoisotopic (exact) mass is 330 g/mol. The highest BCUT2D eigenvalue weighted by Gasteiger charge is 2.33. The van der Waals surface area contributed by atoms with Crippen molar-refractivity contribution in [2.45, 2.75) is 63.8 Å². The second kappa shape index (κ2) is 6.87. The fourth-order valence-corrected chi connectivity index (χ4v) is 4.78. The van der Waals surface area contributed by atoms with E-state index in [2.05, 4.69) is 10.00 Å². The maximum absolute atomic E-state index is 12.9. The number of aromatic nitrogens is 2. The van der Waals surface area contributed by atoms with Gasteiger partial charge < -0.3 is 9.80 Å². The molecule has 3 aliphatic rings. The summed E-state index contributed by atoms with van der Waals surface area (Å²) in [5.74, 6) is 0.167. The predicted octanol–water partition coefficient (Wildman–Crippen LogP) is 2.39. The summed E-state index contributed by atoms with van der Waals surface area (Å²) < 4.78 is 1.97. The Balaban J connectivity index is 1.56. The van der Waals surface area contributed by atoms with Crippen LogP contribution in [0.2, 0.25) is 0 Å².